The summed E-state index contributed by atoms with van der Waals surface area (Å²) in [5.41, 5.74) is 2.19. The molecule has 8 nitrogen and oxygen atoms in total. The van der Waals surface area contributed by atoms with Crippen LogP contribution in [0.15, 0.2) is 83.8 Å². The Hall–Kier alpha value is -3.85. The molecule has 0 aliphatic rings. The van der Waals surface area contributed by atoms with E-state index >= 15 is 0 Å². The summed E-state index contributed by atoms with van der Waals surface area (Å²) in [6.07, 6.45) is 0.742. The van der Waals surface area contributed by atoms with Gasteiger partial charge in [-0.15, -0.1) is 0 Å². The number of hydrogen-bond acceptors (Lipinski definition) is 5. The molecule has 0 bridgehead atoms. The van der Waals surface area contributed by atoms with Crippen LogP contribution in [0.25, 0.3) is 0 Å². The van der Waals surface area contributed by atoms with Crippen molar-refractivity contribution < 1.29 is 22.7 Å². The lowest BCUT2D eigenvalue weighted by atomic mass is 10.1. The topological polar surface area (TPSA) is 96.0 Å². The summed E-state index contributed by atoms with van der Waals surface area (Å²) >= 11 is 0. The second kappa shape index (κ2) is 14.0. The Morgan fingerprint density at radius 2 is 1.52 bits per heavy atom. The summed E-state index contributed by atoms with van der Waals surface area (Å²) in [4.78, 5) is 28.6. The van der Waals surface area contributed by atoms with Gasteiger partial charge in [0.05, 0.1) is 17.2 Å². The summed E-state index contributed by atoms with van der Waals surface area (Å²) < 4.78 is 34.3. The largest absolute Gasteiger partial charge is 0.494 e. The van der Waals surface area contributed by atoms with E-state index in [1.165, 1.54) is 17.0 Å². The van der Waals surface area contributed by atoms with Crippen molar-refractivity contribution in [3.8, 4) is 5.75 Å². The zero-order chi connectivity index (χ0) is 29.3. The highest BCUT2D eigenvalue weighted by molar-refractivity contribution is 7.92. The molecule has 0 aromatic heterocycles. The van der Waals surface area contributed by atoms with Gasteiger partial charge in [0.2, 0.25) is 11.8 Å². The number of carbonyl (C=O) groups is 2. The van der Waals surface area contributed by atoms with Gasteiger partial charge in [-0.2, -0.15) is 0 Å². The molecule has 0 fully saturated rings. The fourth-order valence-electron chi connectivity index (χ4n) is 4.14. The first-order valence-electron chi connectivity index (χ1n) is 13.5. The molecule has 0 radical (unpaired) electrons. The van der Waals surface area contributed by atoms with E-state index in [1.807, 2.05) is 52.0 Å². The minimum absolute atomic E-state index is 0.0284. The lowest BCUT2D eigenvalue weighted by molar-refractivity contribution is -0.139. The average molecular weight is 566 g/mol. The minimum atomic E-state index is -4.13. The Morgan fingerprint density at radius 3 is 2.12 bits per heavy atom. The third kappa shape index (κ3) is 7.63. The van der Waals surface area contributed by atoms with Gasteiger partial charge in [-0.1, -0.05) is 49.4 Å². The monoisotopic (exact) mass is 565 g/mol. The number of aryl methyl sites for hydroxylation is 1. The van der Waals surface area contributed by atoms with E-state index in [1.54, 1.807) is 49.4 Å². The second-order valence-electron chi connectivity index (χ2n) is 9.69. The molecule has 3 aromatic carbocycles. The molecule has 0 unspecified atom stereocenters. The first-order valence-corrected chi connectivity index (χ1v) is 15.0. The molecule has 214 valence electrons. The Labute approximate surface area is 238 Å². The number of amides is 2. The van der Waals surface area contributed by atoms with Gasteiger partial charge in [0.25, 0.3) is 10.0 Å². The fraction of sp³-hybridized carbons (Fsp3) is 0.355. The highest BCUT2D eigenvalue weighted by Crippen LogP contribution is 2.26. The van der Waals surface area contributed by atoms with Crippen LogP contribution < -0.4 is 14.4 Å². The molecule has 0 saturated heterocycles. The van der Waals surface area contributed by atoms with Gasteiger partial charge in [0, 0.05) is 12.6 Å². The third-order valence-corrected chi connectivity index (χ3v) is 8.60. The molecule has 0 aliphatic heterocycles. The number of nitrogens with zero attached hydrogens (tertiary/aromatic N) is 2. The van der Waals surface area contributed by atoms with Gasteiger partial charge in [0.1, 0.15) is 18.3 Å². The molecule has 0 saturated carbocycles. The number of hydrogen-bond donors (Lipinski definition) is 1. The van der Waals surface area contributed by atoms with E-state index in [0.717, 1.165) is 21.9 Å². The molecular formula is C31H39N3O5S. The molecule has 1 N–H and O–H groups in total. The number of carbonyl (C=O) groups excluding carboxylic acids is 2. The van der Waals surface area contributed by atoms with E-state index in [0.29, 0.717) is 18.0 Å². The zero-order valence-electron chi connectivity index (χ0n) is 23.8. The maximum absolute atomic E-state index is 14.0. The first-order chi connectivity index (χ1) is 19.1. The Morgan fingerprint density at radius 1 is 0.900 bits per heavy atom. The summed E-state index contributed by atoms with van der Waals surface area (Å²) in [5, 5.41) is 2.95. The third-order valence-electron chi connectivity index (χ3n) is 6.82. The number of anilines is 1. The summed E-state index contributed by atoms with van der Waals surface area (Å²) in [6, 6.07) is 21.3. The van der Waals surface area contributed by atoms with Crippen molar-refractivity contribution in [2.24, 2.45) is 0 Å². The van der Waals surface area contributed by atoms with Gasteiger partial charge < -0.3 is 15.0 Å². The van der Waals surface area contributed by atoms with Crippen molar-refractivity contribution in [3.05, 3.63) is 90.0 Å². The molecule has 0 spiro atoms. The molecule has 0 aliphatic carbocycles. The van der Waals surface area contributed by atoms with Crippen LogP contribution in [-0.2, 0) is 26.2 Å². The highest BCUT2D eigenvalue weighted by atomic mass is 32.2. The molecule has 2 amide bonds. The first kappa shape index (κ1) is 30.7. The second-order valence-corrected chi connectivity index (χ2v) is 11.6. The van der Waals surface area contributed by atoms with Gasteiger partial charge in [-0.25, -0.2) is 8.42 Å². The maximum Gasteiger partial charge on any atom is 0.264 e. The Kier molecular flexibility index (Phi) is 10.7. The van der Waals surface area contributed by atoms with E-state index in [9.17, 15) is 18.0 Å². The number of nitrogens with one attached hydrogen (secondary N) is 1. The molecule has 3 aromatic rings. The van der Waals surface area contributed by atoms with Crippen molar-refractivity contribution in [2.75, 3.05) is 17.5 Å². The van der Waals surface area contributed by atoms with Gasteiger partial charge in [-0.3, -0.25) is 13.9 Å². The van der Waals surface area contributed by atoms with Crippen LogP contribution in [-0.4, -0.2) is 50.4 Å². The van der Waals surface area contributed by atoms with Crippen LogP contribution in [0, 0.1) is 6.92 Å². The number of benzene rings is 3. The van der Waals surface area contributed by atoms with Crippen molar-refractivity contribution >= 4 is 27.5 Å². The van der Waals surface area contributed by atoms with Crippen LogP contribution >= 0.6 is 0 Å². The van der Waals surface area contributed by atoms with Crippen LogP contribution in [0.1, 0.15) is 45.2 Å². The molecule has 3 rings (SSSR count). The lowest BCUT2D eigenvalue weighted by Gasteiger charge is -2.32. The van der Waals surface area contributed by atoms with Crippen molar-refractivity contribution in [1.29, 1.82) is 0 Å². The van der Waals surface area contributed by atoms with Gasteiger partial charge in [0.15, 0.2) is 0 Å². The van der Waals surface area contributed by atoms with Crippen LogP contribution in [0.5, 0.6) is 5.75 Å². The van der Waals surface area contributed by atoms with Gasteiger partial charge >= 0.3 is 0 Å². The van der Waals surface area contributed by atoms with Crippen molar-refractivity contribution in [3.63, 3.8) is 0 Å². The quantitative estimate of drug-likeness (QED) is 0.317. The Bertz CT molecular complexity index is 1380. The Balaban J connectivity index is 2.00. The predicted molar refractivity (Wildman–Crippen MR) is 158 cm³/mol. The molecular weight excluding hydrogens is 526 g/mol. The van der Waals surface area contributed by atoms with Crippen molar-refractivity contribution in [1.82, 2.24) is 10.2 Å². The smallest absolute Gasteiger partial charge is 0.264 e. The number of para-hydroxylation sites is 1. The van der Waals surface area contributed by atoms with Crippen molar-refractivity contribution in [2.45, 2.75) is 64.6 Å². The highest BCUT2D eigenvalue weighted by Gasteiger charge is 2.33. The number of rotatable bonds is 13. The molecule has 0 heterocycles. The number of sulfonamides is 1. The minimum Gasteiger partial charge on any atom is -0.494 e. The molecule has 9 heteroatoms. The summed E-state index contributed by atoms with van der Waals surface area (Å²) in [5.74, 6) is -0.236. The summed E-state index contributed by atoms with van der Waals surface area (Å²) in [7, 11) is -4.13. The SMILES string of the molecule is CCOc1ccc(S(=O)(=O)N(CC(=O)N(Cc2ccccc2C)[C@@H](C)C(=O)N[C@@H](C)CC)c2ccccc2)cc1. The number of ether oxygens (including phenoxy) is 1. The van der Waals surface area contributed by atoms with Crippen LogP contribution in [0.2, 0.25) is 0 Å². The normalized spacial score (nSPS) is 12.7. The van der Waals surface area contributed by atoms with E-state index in [-0.39, 0.29) is 23.4 Å². The van der Waals surface area contributed by atoms with Gasteiger partial charge in [-0.05, 0) is 81.6 Å². The van der Waals surface area contributed by atoms with E-state index in [2.05, 4.69) is 5.32 Å². The lowest BCUT2D eigenvalue weighted by Crippen LogP contribution is -2.52. The van der Waals surface area contributed by atoms with Crippen LogP contribution in [0.4, 0.5) is 5.69 Å². The fourth-order valence-corrected chi connectivity index (χ4v) is 5.56. The molecule has 2 atom stereocenters. The zero-order valence-corrected chi connectivity index (χ0v) is 24.6. The van der Waals surface area contributed by atoms with E-state index in [4.69, 9.17) is 4.74 Å². The average Bonchev–Trinajstić information content (AvgIpc) is 2.95. The molecule has 40 heavy (non-hydrogen) atoms. The maximum atomic E-state index is 14.0. The van der Waals surface area contributed by atoms with E-state index < -0.39 is 28.5 Å². The predicted octanol–water partition coefficient (Wildman–Crippen LogP) is 4.92. The standard InChI is InChI=1S/C31H39N3O5S/c1-6-24(4)32-31(36)25(5)33(21-26-14-12-11-13-23(26)3)30(35)22-34(27-15-9-8-10-16-27)40(37,38)29-19-17-28(18-20-29)39-7-2/h8-20,24-25H,6-7,21-22H2,1-5H3,(H,32,36)/t24-,25-/m0/s1. The summed E-state index contributed by atoms with van der Waals surface area (Å²) in [6.45, 7) is 9.46. The van der Waals surface area contributed by atoms with Crippen LogP contribution in [0.3, 0.4) is 0 Å².